The monoisotopic (exact) mass is 364 g/mol. The minimum Gasteiger partial charge on any atom is -0.455 e. The zero-order valence-corrected chi connectivity index (χ0v) is 14.1. The molecule has 0 spiro atoms. The summed E-state index contributed by atoms with van der Waals surface area (Å²) in [5.74, 6) is -2.55. The molecular weight excluding hydrogens is 349 g/mol. The van der Waals surface area contributed by atoms with Crippen LogP contribution < -0.4 is 0 Å². The Morgan fingerprint density at radius 2 is 1.25 bits per heavy atom. The SMILES string of the molecule is CC(=O)O[Si](Cc1ccc(C(F)(F)F)cc1)(OC(C)=O)OC(C)=O. The third-order valence-electron chi connectivity index (χ3n) is 2.60. The Hall–Kier alpha value is -2.36. The number of hydrogen-bond acceptors (Lipinski definition) is 6. The second-order valence-electron chi connectivity index (χ2n) is 4.84. The number of rotatable bonds is 5. The van der Waals surface area contributed by atoms with Crippen LogP contribution in [0.25, 0.3) is 0 Å². The van der Waals surface area contributed by atoms with Crippen molar-refractivity contribution in [1.82, 2.24) is 0 Å². The minimum atomic E-state index is -4.51. The van der Waals surface area contributed by atoms with E-state index in [2.05, 4.69) is 0 Å². The first kappa shape index (κ1) is 19.7. The van der Waals surface area contributed by atoms with Gasteiger partial charge in [-0.25, -0.2) is 0 Å². The first-order valence-corrected chi connectivity index (χ1v) is 8.61. The van der Waals surface area contributed by atoms with Crippen LogP contribution in [0.15, 0.2) is 24.3 Å². The minimum absolute atomic E-state index is 0.249. The van der Waals surface area contributed by atoms with Gasteiger partial charge in [0.15, 0.2) is 0 Å². The third kappa shape index (κ3) is 6.03. The smallest absolute Gasteiger partial charge is 0.455 e. The van der Waals surface area contributed by atoms with Crippen LogP contribution in [0.4, 0.5) is 13.2 Å². The van der Waals surface area contributed by atoms with E-state index in [0.29, 0.717) is 0 Å². The van der Waals surface area contributed by atoms with Gasteiger partial charge in [-0.2, -0.15) is 13.2 Å². The molecule has 0 amide bonds. The topological polar surface area (TPSA) is 78.9 Å². The molecule has 0 saturated carbocycles. The van der Waals surface area contributed by atoms with Crippen LogP contribution in [0.2, 0.25) is 0 Å². The molecule has 10 heteroatoms. The summed E-state index contributed by atoms with van der Waals surface area (Å²) in [6.07, 6.45) is -4.51. The lowest BCUT2D eigenvalue weighted by molar-refractivity contribution is -0.148. The van der Waals surface area contributed by atoms with E-state index in [1.807, 2.05) is 0 Å². The Morgan fingerprint density at radius 3 is 1.54 bits per heavy atom. The summed E-state index contributed by atoms with van der Waals surface area (Å²) >= 11 is 0. The number of hydrogen-bond donors (Lipinski definition) is 0. The zero-order chi connectivity index (χ0) is 18.5. The number of benzene rings is 1. The average molecular weight is 364 g/mol. The van der Waals surface area contributed by atoms with Crippen LogP contribution >= 0.6 is 0 Å². The van der Waals surface area contributed by atoms with Crippen LogP contribution in [-0.2, 0) is 39.9 Å². The quantitative estimate of drug-likeness (QED) is 0.747. The van der Waals surface area contributed by atoms with E-state index in [0.717, 1.165) is 45.0 Å². The van der Waals surface area contributed by atoms with E-state index in [4.69, 9.17) is 13.3 Å². The van der Waals surface area contributed by atoms with Crippen molar-refractivity contribution in [3.8, 4) is 0 Å². The summed E-state index contributed by atoms with van der Waals surface area (Å²) in [5.41, 5.74) is -0.621. The Balaban J connectivity index is 3.16. The first-order chi connectivity index (χ1) is 10.9. The fourth-order valence-corrected chi connectivity index (χ4v) is 4.28. The molecule has 0 heterocycles. The van der Waals surface area contributed by atoms with E-state index >= 15 is 0 Å². The van der Waals surface area contributed by atoms with E-state index in [1.54, 1.807) is 0 Å². The highest BCUT2D eigenvalue weighted by Crippen LogP contribution is 2.29. The molecular formula is C14H15F3O6Si. The Morgan fingerprint density at radius 1 is 0.875 bits per heavy atom. The normalized spacial score (nSPS) is 11.6. The molecule has 0 aliphatic rings. The van der Waals surface area contributed by atoms with Gasteiger partial charge in [0.2, 0.25) is 0 Å². The van der Waals surface area contributed by atoms with Crippen LogP contribution in [0.1, 0.15) is 31.9 Å². The van der Waals surface area contributed by atoms with Gasteiger partial charge in [-0.05, 0) is 17.7 Å². The lowest BCUT2D eigenvalue weighted by atomic mass is 10.1. The van der Waals surface area contributed by atoms with Crippen molar-refractivity contribution >= 4 is 26.7 Å². The molecule has 0 saturated heterocycles. The van der Waals surface area contributed by atoms with Crippen molar-refractivity contribution in [2.24, 2.45) is 0 Å². The van der Waals surface area contributed by atoms with Crippen LogP contribution in [0.5, 0.6) is 0 Å². The Labute approximate surface area is 136 Å². The van der Waals surface area contributed by atoms with Crippen molar-refractivity contribution in [2.45, 2.75) is 33.0 Å². The average Bonchev–Trinajstić information content (AvgIpc) is 2.34. The van der Waals surface area contributed by atoms with Crippen molar-refractivity contribution < 1.29 is 40.8 Å². The zero-order valence-electron chi connectivity index (χ0n) is 13.1. The highest BCUT2D eigenvalue weighted by molar-refractivity contribution is 6.65. The van der Waals surface area contributed by atoms with Crippen LogP contribution in [0.3, 0.4) is 0 Å². The van der Waals surface area contributed by atoms with E-state index in [9.17, 15) is 27.6 Å². The Bertz CT molecular complexity index is 586. The molecule has 0 aromatic heterocycles. The molecule has 1 rings (SSSR count). The molecule has 24 heavy (non-hydrogen) atoms. The summed E-state index contributed by atoms with van der Waals surface area (Å²) in [7, 11) is -4.12. The molecule has 0 fully saturated rings. The van der Waals surface area contributed by atoms with Gasteiger partial charge in [0, 0.05) is 20.8 Å². The van der Waals surface area contributed by atoms with Gasteiger partial charge < -0.3 is 13.3 Å². The van der Waals surface area contributed by atoms with Gasteiger partial charge in [-0.15, -0.1) is 0 Å². The van der Waals surface area contributed by atoms with E-state index < -0.39 is 38.5 Å². The maximum Gasteiger partial charge on any atom is 0.709 e. The molecule has 1 aromatic carbocycles. The molecule has 132 valence electrons. The van der Waals surface area contributed by atoms with Crippen molar-refractivity contribution in [1.29, 1.82) is 0 Å². The maximum atomic E-state index is 12.6. The fraction of sp³-hybridized carbons (Fsp3) is 0.357. The summed E-state index contributed by atoms with van der Waals surface area (Å²) in [6, 6.07) is 3.57. The molecule has 0 bridgehead atoms. The van der Waals surface area contributed by atoms with Gasteiger partial charge >= 0.3 is 15.0 Å². The maximum absolute atomic E-state index is 12.6. The van der Waals surface area contributed by atoms with Gasteiger partial charge in [0.05, 0.1) is 11.6 Å². The number of carbonyl (C=O) groups excluding carboxylic acids is 3. The summed E-state index contributed by atoms with van der Waals surface area (Å²) in [4.78, 5) is 33.8. The summed E-state index contributed by atoms with van der Waals surface area (Å²) < 4.78 is 52.6. The fourth-order valence-electron chi connectivity index (χ4n) is 1.89. The predicted octanol–water partition coefficient (Wildman–Crippen LogP) is 2.42. The van der Waals surface area contributed by atoms with Crippen molar-refractivity contribution in [3.05, 3.63) is 35.4 Å². The second kappa shape index (κ2) is 7.47. The largest absolute Gasteiger partial charge is 0.709 e. The standard InChI is InChI=1S/C14H15F3O6Si/c1-9(18)21-24(22-10(2)19,23-11(3)20)8-12-4-6-13(7-5-12)14(15,16)17/h4-7H,8H2,1-3H3. The van der Waals surface area contributed by atoms with Gasteiger partial charge in [-0.1, -0.05) is 12.1 Å². The number of halogens is 3. The lowest BCUT2D eigenvalue weighted by Crippen LogP contribution is -2.51. The molecule has 0 radical (unpaired) electrons. The second-order valence-corrected chi connectivity index (χ2v) is 7.17. The van der Waals surface area contributed by atoms with Crippen LogP contribution in [0, 0.1) is 0 Å². The highest BCUT2D eigenvalue weighted by Gasteiger charge is 2.52. The van der Waals surface area contributed by atoms with E-state index in [-0.39, 0.29) is 11.6 Å². The molecule has 0 aliphatic heterocycles. The van der Waals surface area contributed by atoms with Gasteiger partial charge in [-0.3, -0.25) is 14.4 Å². The number of carbonyl (C=O) groups is 3. The summed E-state index contributed by atoms with van der Waals surface area (Å²) in [5, 5.41) is 0. The Kier molecular flexibility index (Phi) is 6.13. The van der Waals surface area contributed by atoms with Gasteiger partial charge in [0.1, 0.15) is 0 Å². The molecule has 0 unspecified atom stereocenters. The van der Waals surface area contributed by atoms with E-state index in [1.165, 1.54) is 0 Å². The molecule has 0 N–H and O–H groups in total. The van der Waals surface area contributed by atoms with Crippen molar-refractivity contribution in [3.63, 3.8) is 0 Å². The summed E-state index contributed by atoms with van der Waals surface area (Å²) in [6.45, 7) is 3.09. The molecule has 0 atom stereocenters. The van der Waals surface area contributed by atoms with Crippen molar-refractivity contribution in [2.75, 3.05) is 0 Å². The lowest BCUT2D eigenvalue weighted by Gasteiger charge is -2.26. The predicted molar refractivity (Wildman–Crippen MR) is 76.2 cm³/mol. The van der Waals surface area contributed by atoms with Crippen LogP contribution in [-0.4, -0.2) is 26.7 Å². The molecule has 0 aliphatic carbocycles. The first-order valence-electron chi connectivity index (χ1n) is 6.68. The number of alkyl halides is 3. The van der Waals surface area contributed by atoms with Gasteiger partial charge in [0.25, 0.3) is 17.9 Å². The highest BCUT2D eigenvalue weighted by atomic mass is 28.4. The molecule has 1 aromatic rings. The third-order valence-corrected chi connectivity index (χ3v) is 5.24. The molecule has 6 nitrogen and oxygen atoms in total.